The van der Waals surface area contributed by atoms with Crippen molar-refractivity contribution in [1.29, 1.82) is 0 Å². The number of nitrogens with one attached hydrogen (secondary N) is 1. The van der Waals surface area contributed by atoms with E-state index in [0.717, 1.165) is 63.6 Å². The number of fused-ring (bicyclic) bond motifs is 3. The van der Waals surface area contributed by atoms with Crippen LogP contribution in [0, 0.1) is 5.92 Å². The summed E-state index contributed by atoms with van der Waals surface area (Å²) in [5, 5.41) is 22.7. The number of hydrogen-bond donors (Lipinski definition) is 2. The highest BCUT2D eigenvalue weighted by Crippen LogP contribution is 2.36. The van der Waals surface area contributed by atoms with Gasteiger partial charge in [-0.25, -0.2) is 4.79 Å². The van der Waals surface area contributed by atoms with Crippen LogP contribution >= 0.6 is 0 Å². The molecule has 228 valence electrons. The van der Waals surface area contributed by atoms with E-state index in [1.165, 1.54) is 38.9 Å². The van der Waals surface area contributed by atoms with E-state index in [1.807, 2.05) is 43.9 Å². The van der Waals surface area contributed by atoms with Gasteiger partial charge in [0.05, 0.1) is 17.4 Å². The summed E-state index contributed by atoms with van der Waals surface area (Å²) >= 11 is 0. The molecule has 1 aromatic heterocycles. The Balaban J connectivity index is 0.953. The average molecular weight is 578 g/mol. The zero-order valence-corrected chi connectivity index (χ0v) is 25.5. The number of carbonyl (C=O) groups is 1. The molecule has 2 aromatic rings. The predicted octanol–water partition coefficient (Wildman–Crippen LogP) is 4.27. The number of aromatic nitrogens is 2. The van der Waals surface area contributed by atoms with E-state index in [0.29, 0.717) is 29.3 Å². The summed E-state index contributed by atoms with van der Waals surface area (Å²) in [4.78, 5) is 22.1. The van der Waals surface area contributed by atoms with Crippen molar-refractivity contribution in [2.24, 2.45) is 5.92 Å². The van der Waals surface area contributed by atoms with Gasteiger partial charge in [-0.15, -0.1) is 10.2 Å². The van der Waals surface area contributed by atoms with Crippen molar-refractivity contribution in [3.05, 3.63) is 30.3 Å². The number of nitrogens with zero attached hydrogens (tertiary/aromatic N) is 6. The smallest absolute Gasteiger partial charge is 0.410 e. The number of hydrogen-bond acceptors (Lipinski definition) is 9. The number of likely N-dealkylation sites (tertiary alicyclic amines) is 2. The number of piperazine rings is 1. The number of phenols is 1. The fraction of sp³-hybridized carbons (Fsp3) is 0.656. The van der Waals surface area contributed by atoms with Crippen molar-refractivity contribution < 1.29 is 14.6 Å². The lowest BCUT2D eigenvalue weighted by Gasteiger charge is -2.49. The third kappa shape index (κ3) is 6.59. The Labute approximate surface area is 250 Å². The minimum Gasteiger partial charge on any atom is -0.507 e. The van der Waals surface area contributed by atoms with Crippen molar-refractivity contribution in [3.63, 3.8) is 0 Å². The van der Waals surface area contributed by atoms with E-state index in [4.69, 9.17) is 4.74 Å². The van der Waals surface area contributed by atoms with Crippen molar-refractivity contribution in [1.82, 2.24) is 24.9 Å². The third-order valence-corrected chi connectivity index (χ3v) is 9.48. The van der Waals surface area contributed by atoms with E-state index in [9.17, 15) is 9.90 Å². The molecule has 6 rings (SSSR count). The molecule has 0 saturated carbocycles. The molecular weight excluding hydrogens is 530 g/mol. The van der Waals surface area contributed by atoms with E-state index in [-0.39, 0.29) is 11.8 Å². The number of para-hydroxylation sites is 1. The summed E-state index contributed by atoms with van der Waals surface area (Å²) in [5.41, 5.74) is 2.08. The van der Waals surface area contributed by atoms with Gasteiger partial charge in [-0.1, -0.05) is 12.1 Å². The molecule has 10 heteroatoms. The fourth-order valence-corrected chi connectivity index (χ4v) is 7.07. The maximum atomic E-state index is 12.4. The molecule has 0 bridgehead atoms. The molecule has 3 fully saturated rings. The van der Waals surface area contributed by atoms with E-state index in [2.05, 4.69) is 36.3 Å². The molecule has 0 aliphatic carbocycles. The Kier molecular flexibility index (Phi) is 8.45. The number of benzene rings is 1. The summed E-state index contributed by atoms with van der Waals surface area (Å²) in [6, 6.07) is 10.4. The second-order valence-corrected chi connectivity index (χ2v) is 13.5. The Morgan fingerprint density at radius 1 is 1.00 bits per heavy atom. The van der Waals surface area contributed by atoms with Crippen LogP contribution in [0.3, 0.4) is 0 Å². The lowest BCUT2D eigenvalue weighted by atomic mass is 9.93. The highest BCUT2D eigenvalue weighted by atomic mass is 16.6. The van der Waals surface area contributed by atoms with Gasteiger partial charge in [0.15, 0.2) is 5.82 Å². The van der Waals surface area contributed by atoms with Crippen LogP contribution in [0.5, 0.6) is 5.75 Å². The minimum atomic E-state index is -0.431. The van der Waals surface area contributed by atoms with E-state index < -0.39 is 5.60 Å². The molecule has 0 spiro atoms. The summed E-state index contributed by atoms with van der Waals surface area (Å²) in [6.07, 6.45) is 5.69. The molecule has 1 amide bonds. The van der Waals surface area contributed by atoms with Crippen LogP contribution in [0.4, 0.5) is 16.3 Å². The molecule has 0 unspecified atom stereocenters. The first-order chi connectivity index (χ1) is 20.2. The van der Waals surface area contributed by atoms with Crippen LogP contribution in [-0.2, 0) is 4.74 Å². The Morgan fingerprint density at radius 3 is 2.50 bits per heavy atom. The van der Waals surface area contributed by atoms with Crippen LogP contribution in [0.15, 0.2) is 30.3 Å². The van der Waals surface area contributed by atoms with Crippen molar-refractivity contribution in [3.8, 4) is 17.0 Å². The number of phenolic OH excluding ortho intramolecular Hbond substituents is 1. The summed E-state index contributed by atoms with van der Waals surface area (Å²) in [7, 11) is 0. The van der Waals surface area contributed by atoms with Crippen LogP contribution < -0.4 is 10.2 Å². The number of rotatable bonds is 5. The molecule has 0 radical (unpaired) electrons. The van der Waals surface area contributed by atoms with Crippen molar-refractivity contribution in [2.45, 2.75) is 70.6 Å². The molecule has 2 N–H and O–H groups in total. The molecule has 5 heterocycles. The monoisotopic (exact) mass is 577 g/mol. The zero-order valence-electron chi connectivity index (χ0n) is 25.5. The summed E-state index contributed by atoms with van der Waals surface area (Å²) in [5.74, 6) is 1.77. The first kappa shape index (κ1) is 29.0. The topological polar surface area (TPSA) is 97.3 Å². The van der Waals surface area contributed by atoms with Gasteiger partial charge in [0, 0.05) is 50.9 Å². The van der Waals surface area contributed by atoms with Crippen LogP contribution in [0.2, 0.25) is 0 Å². The van der Waals surface area contributed by atoms with Gasteiger partial charge in [-0.05, 0) is 96.6 Å². The quantitative estimate of drug-likeness (QED) is 0.540. The van der Waals surface area contributed by atoms with Gasteiger partial charge in [0.1, 0.15) is 11.4 Å². The van der Waals surface area contributed by atoms with Gasteiger partial charge >= 0.3 is 6.09 Å². The first-order valence-corrected chi connectivity index (χ1v) is 15.8. The lowest BCUT2D eigenvalue weighted by molar-refractivity contribution is 0.0175. The summed E-state index contributed by atoms with van der Waals surface area (Å²) < 4.78 is 5.55. The predicted molar refractivity (Wildman–Crippen MR) is 165 cm³/mol. The number of aromatic hydroxyl groups is 1. The average Bonchev–Trinajstić information content (AvgIpc) is 2.99. The number of anilines is 2. The third-order valence-electron chi connectivity index (χ3n) is 9.48. The second-order valence-electron chi connectivity index (χ2n) is 13.5. The number of carbonyl (C=O) groups excluding carboxylic acids is 1. The van der Waals surface area contributed by atoms with Gasteiger partial charge in [-0.2, -0.15) is 0 Å². The molecule has 10 nitrogen and oxygen atoms in total. The van der Waals surface area contributed by atoms with Crippen LogP contribution in [-0.4, -0.2) is 113 Å². The molecule has 1 aromatic carbocycles. The Bertz CT molecular complexity index is 1230. The van der Waals surface area contributed by atoms with Gasteiger partial charge in [0.2, 0.25) is 0 Å². The second kappa shape index (κ2) is 12.2. The van der Waals surface area contributed by atoms with Gasteiger partial charge in [-0.3, -0.25) is 4.90 Å². The zero-order chi connectivity index (χ0) is 29.3. The molecule has 1 atom stereocenters. The SMILES string of the molecule is CC(C)(C)OC(=O)N1CCC(CCN2CCC(N3CCN4c5cc(-c6ccccc6O)nnc5NC[C@H]4C3)CC2)CC1. The molecular formula is C32H47N7O3. The van der Waals surface area contributed by atoms with Gasteiger partial charge < -0.3 is 29.9 Å². The highest BCUT2D eigenvalue weighted by molar-refractivity contribution is 5.76. The number of ether oxygens (including phenoxy) is 1. The normalized spacial score (nSPS) is 22.8. The largest absolute Gasteiger partial charge is 0.507 e. The fourth-order valence-electron chi connectivity index (χ4n) is 7.07. The standard InChI is InChI=1S/C32H47N7O3/c1-32(2,3)42-31(41)37-16-9-23(10-17-37)8-13-36-14-11-24(12-15-36)38-18-19-39-25(22-38)21-33-30-28(39)20-27(34-35-30)26-6-4-5-7-29(26)40/h4-7,20,23-25,40H,8-19,21-22H2,1-3H3,(H,33,35)/t25-/m0/s1. The maximum Gasteiger partial charge on any atom is 0.410 e. The molecule has 42 heavy (non-hydrogen) atoms. The molecule has 4 aliphatic heterocycles. The first-order valence-electron chi connectivity index (χ1n) is 15.8. The minimum absolute atomic E-state index is 0.164. The van der Waals surface area contributed by atoms with E-state index in [1.54, 1.807) is 6.07 Å². The Morgan fingerprint density at radius 2 is 1.76 bits per heavy atom. The van der Waals surface area contributed by atoms with Gasteiger partial charge in [0.25, 0.3) is 0 Å². The number of amides is 1. The molecule has 3 saturated heterocycles. The van der Waals surface area contributed by atoms with Crippen LogP contribution in [0.25, 0.3) is 11.3 Å². The lowest BCUT2D eigenvalue weighted by Crippen LogP contribution is -2.61. The maximum absolute atomic E-state index is 12.4. The Hall–Kier alpha value is -3.11. The summed E-state index contributed by atoms with van der Waals surface area (Å²) in [6.45, 7) is 14.9. The van der Waals surface area contributed by atoms with E-state index >= 15 is 0 Å². The number of piperidine rings is 2. The van der Waals surface area contributed by atoms with Crippen molar-refractivity contribution >= 4 is 17.6 Å². The molecule has 4 aliphatic rings. The highest BCUT2D eigenvalue weighted by Gasteiger charge is 2.36. The van der Waals surface area contributed by atoms with Crippen LogP contribution in [0.1, 0.15) is 52.9 Å². The van der Waals surface area contributed by atoms with Crippen molar-refractivity contribution in [2.75, 3.05) is 69.1 Å².